The van der Waals surface area contributed by atoms with E-state index in [-0.39, 0.29) is 12.4 Å². The Kier molecular flexibility index (Phi) is 3.73. The molecule has 0 saturated carbocycles. The summed E-state index contributed by atoms with van der Waals surface area (Å²) in [6.07, 6.45) is 1.74. The summed E-state index contributed by atoms with van der Waals surface area (Å²) >= 11 is 0. The molecule has 20 heavy (non-hydrogen) atoms. The largest absolute Gasteiger partial charge is 0.466 e. The van der Waals surface area contributed by atoms with Gasteiger partial charge in [0.15, 0.2) is 0 Å². The molecule has 0 radical (unpaired) electrons. The second-order valence-electron chi connectivity index (χ2n) is 4.42. The molecule has 108 valence electrons. The molecule has 2 aromatic rings. The topological polar surface area (TPSA) is 90.0 Å². The number of nitrogens with one attached hydrogen (secondary N) is 1. The Hall–Kier alpha value is -2.38. The van der Waals surface area contributed by atoms with Crippen LogP contribution < -0.4 is 15.8 Å². The van der Waals surface area contributed by atoms with Gasteiger partial charge >= 0.3 is 17.2 Å². The SMILES string of the molecule is CCOC(=O)CC[n+]1c[nH]c2c1c(=O)n(C)c(=O)n2C. The number of H-pyrrole nitrogens is 1. The molecule has 0 aromatic carbocycles. The maximum absolute atomic E-state index is 12.1. The second-order valence-corrected chi connectivity index (χ2v) is 4.42. The zero-order valence-corrected chi connectivity index (χ0v) is 11.7. The minimum absolute atomic E-state index is 0.164. The first-order chi connectivity index (χ1) is 9.47. The summed E-state index contributed by atoms with van der Waals surface area (Å²) in [6.45, 7) is 2.38. The molecule has 1 N–H and O–H groups in total. The highest BCUT2D eigenvalue weighted by Crippen LogP contribution is 1.98. The van der Waals surface area contributed by atoms with E-state index >= 15 is 0 Å². The molecule has 0 aliphatic rings. The average molecular weight is 281 g/mol. The normalized spacial score (nSPS) is 10.9. The zero-order chi connectivity index (χ0) is 14.9. The van der Waals surface area contributed by atoms with E-state index in [0.717, 1.165) is 4.57 Å². The van der Waals surface area contributed by atoms with Crippen LogP contribution in [0.25, 0.3) is 11.2 Å². The number of aromatic amines is 1. The number of aromatic nitrogens is 4. The molecule has 0 atom stereocenters. The van der Waals surface area contributed by atoms with Crippen molar-refractivity contribution >= 4 is 17.1 Å². The van der Waals surface area contributed by atoms with Gasteiger partial charge in [-0.3, -0.25) is 18.7 Å². The number of aryl methyl sites for hydroxylation is 2. The van der Waals surface area contributed by atoms with E-state index in [2.05, 4.69) is 4.98 Å². The van der Waals surface area contributed by atoms with E-state index in [9.17, 15) is 14.4 Å². The third-order valence-electron chi connectivity index (χ3n) is 3.15. The Morgan fingerprint density at radius 1 is 1.35 bits per heavy atom. The fourth-order valence-electron chi connectivity index (χ4n) is 2.08. The van der Waals surface area contributed by atoms with Crippen molar-refractivity contribution in [2.75, 3.05) is 6.61 Å². The van der Waals surface area contributed by atoms with Crippen LogP contribution in [0.4, 0.5) is 0 Å². The van der Waals surface area contributed by atoms with E-state index < -0.39 is 11.2 Å². The zero-order valence-electron chi connectivity index (χ0n) is 11.7. The van der Waals surface area contributed by atoms with Crippen LogP contribution >= 0.6 is 0 Å². The molecule has 0 aliphatic heterocycles. The molecule has 2 aromatic heterocycles. The van der Waals surface area contributed by atoms with Crippen molar-refractivity contribution in [3.63, 3.8) is 0 Å². The van der Waals surface area contributed by atoms with Gasteiger partial charge in [-0.2, -0.15) is 0 Å². The smallest absolute Gasteiger partial charge is 0.333 e. The lowest BCUT2D eigenvalue weighted by Crippen LogP contribution is -2.43. The summed E-state index contributed by atoms with van der Waals surface area (Å²) in [5, 5.41) is 0. The van der Waals surface area contributed by atoms with Gasteiger partial charge in [-0.25, -0.2) is 14.3 Å². The van der Waals surface area contributed by atoms with Crippen molar-refractivity contribution in [1.29, 1.82) is 0 Å². The number of fused-ring (bicyclic) bond motifs is 1. The van der Waals surface area contributed by atoms with Crippen LogP contribution in [-0.2, 0) is 30.2 Å². The fraction of sp³-hybridized carbons (Fsp3) is 0.500. The van der Waals surface area contributed by atoms with Crippen LogP contribution in [0.5, 0.6) is 0 Å². The lowest BCUT2D eigenvalue weighted by atomic mass is 10.4. The molecule has 0 bridgehead atoms. The number of rotatable bonds is 4. The Bertz CT molecular complexity index is 768. The van der Waals surface area contributed by atoms with Gasteiger partial charge in [-0.05, 0) is 6.92 Å². The predicted octanol–water partition coefficient (Wildman–Crippen LogP) is -1.19. The molecule has 0 spiro atoms. The number of ether oxygens (including phenoxy) is 1. The first kappa shape index (κ1) is 14.0. The van der Waals surface area contributed by atoms with Crippen molar-refractivity contribution in [3.8, 4) is 0 Å². The summed E-state index contributed by atoms with van der Waals surface area (Å²) < 4.78 is 8.86. The molecule has 0 saturated heterocycles. The summed E-state index contributed by atoms with van der Waals surface area (Å²) in [5.41, 5.74) is -0.00374. The molecule has 0 unspecified atom stereocenters. The maximum atomic E-state index is 12.1. The first-order valence-electron chi connectivity index (χ1n) is 6.29. The molecule has 0 amide bonds. The van der Waals surface area contributed by atoms with Crippen molar-refractivity contribution in [2.45, 2.75) is 19.9 Å². The molecule has 8 heteroatoms. The van der Waals surface area contributed by atoms with Crippen LogP contribution in [-0.4, -0.2) is 26.7 Å². The maximum Gasteiger partial charge on any atom is 0.333 e. The number of imidazole rings is 1. The quantitative estimate of drug-likeness (QED) is 0.563. The van der Waals surface area contributed by atoms with Crippen LogP contribution in [0.15, 0.2) is 15.9 Å². The van der Waals surface area contributed by atoms with Gasteiger partial charge < -0.3 is 4.74 Å². The molecular weight excluding hydrogens is 264 g/mol. The Morgan fingerprint density at radius 2 is 2.05 bits per heavy atom. The molecule has 2 rings (SSSR count). The number of carbonyl (C=O) groups excluding carboxylic acids is 1. The van der Waals surface area contributed by atoms with Gasteiger partial charge in [-0.15, -0.1) is 0 Å². The number of hydrogen-bond donors (Lipinski definition) is 1. The standard InChI is InChI=1S/C12H16N4O4/c1-4-20-8(17)5-6-16-7-13-10-9(16)11(18)15(3)12(19)14(10)2/h7H,4-6H2,1-3H3/p+1. The van der Waals surface area contributed by atoms with Gasteiger partial charge in [0.05, 0.1) is 13.0 Å². The Morgan fingerprint density at radius 3 is 2.70 bits per heavy atom. The van der Waals surface area contributed by atoms with E-state index in [4.69, 9.17) is 4.74 Å². The van der Waals surface area contributed by atoms with Crippen LogP contribution in [0, 0.1) is 0 Å². The van der Waals surface area contributed by atoms with Crippen molar-refractivity contribution < 1.29 is 14.1 Å². The summed E-state index contributed by atoms with van der Waals surface area (Å²) in [6, 6.07) is 0. The fourth-order valence-corrected chi connectivity index (χ4v) is 2.08. The first-order valence-corrected chi connectivity index (χ1v) is 6.29. The van der Waals surface area contributed by atoms with Gasteiger partial charge in [0.1, 0.15) is 6.54 Å². The molecule has 8 nitrogen and oxygen atoms in total. The second kappa shape index (κ2) is 5.32. The van der Waals surface area contributed by atoms with Gasteiger partial charge in [0, 0.05) is 14.1 Å². The minimum atomic E-state index is -0.401. The van der Waals surface area contributed by atoms with Crippen LogP contribution in [0.1, 0.15) is 13.3 Å². The highest BCUT2D eigenvalue weighted by atomic mass is 16.5. The highest BCUT2D eigenvalue weighted by Gasteiger charge is 2.20. The summed E-state index contributed by atoms with van der Waals surface area (Å²) in [7, 11) is 3.00. The number of nitrogens with zero attached hydrogens (tertiary/aromatic N) is 3. The predicted molar refractivity (Wildman–Crippen MR) is 70.2 cm³/mol. The van der Waals surface area contributed by atoms with Crippen molar-refractivity contribution in [2.24, 2.45) is 14.1 Å². The third kappa shape index (κ3) is 2.24. The molecule has 0 aliphatic carbocycles. The minimum Gasteiger partial charge on any atom is -0.466 e. The number of esters is 1. The Labute approximate surface area is 114 Å². The van der Waals surface area contributed by atoms with E-state index in [1.54, 1.807) is 24.9 Å². The third-order valence-corrected chi connectivity index (χ3v) is 3.15. The molecule has 0 fully saturated rings. The number of hydrogen-bond acceptors (Lipinski definition) is 4. The monoisotopic (exact) mass is 281 g/mol. The van der Waals surface area contributed by atoms with E-state index in [0.29, 0.717) is 24.3 Å². The molecule has 2 heterocycles. The van der Waals surface area contributed by atoms with E-state index in [1.165, 1.54) is 11.6 Å². The summed E-state index contributed by atoms with van der Waals surface area (Å²) in [5.74, 6) is -0.323. The Balaban J connectivity index is 2.45. The van der Waals surface area contributed by atoms with Gasteiger partial charge in [0.25, 0.3) is 11.2 Å². The summed E-state index contributed by atoms with van der Waals surface area (Å²) in [4.78, 5) is 38.2. The van der Waals surface area contributed by atoms with Gasteiger partial charge in [0.2, 0.25) is 6.33 Å². The highest BCUT2D eigenvalue weighted by molar-refractivity contribution is 5.69. The van der Waals surface area contributed by atoms with Crippen molar-refractivity contribution in [1.82, 2.24) is 14.1 Å². The van der Waals surface area contributed by atoms with Gasteiger partial charge in [-0.1, -0.05) is 0 Å². The van der Waals surface area contributed by atoms with Crippen molar-refractivity contribution in [3.05, 3.63) is 27.2 Å². The van der Waals surface area contributed by atoms with E-state index in [1.807, 2.05) is 0 Å². The lowest BCUT2D eigenvalue weighted by Gasteiger charge is -2.02. The van der Waals surface area contributed by atoms with Crippen LogP contribution in [0.3, 0.4) is 0 Å². The molecular formula is C12H17N4O4+. The van der Waals surface area contributed by atoms with Crippen LogP contribution in [0.2, 0.25) is 0 Å². The average Bonchev–Trinajstić information content (AvgIpc) is 2.85. The number of carbonyl (C=O) groups is 1. The lowest BCUT2D eigenvalue weighted by molar-refractivity contribution is -0.670.